The Kier molecular flexibility index (Phi) is 4.45. The molecule has 1 aliphatic heterocycles. The molecule has 2 nitrogen and oxygen atoms in total. The highest BCUT2D eigenvalue weighted by atomic mass is 32.1. The van der Waals surface area contributed by atoms with Crippen LogP contribution in [-0.2, 0) is 11.3 Å². The van der Waals surface area contributed by atoms with Gasteiger partial charge in [-0.1, -0.05) is 42.5 Å². The predicted molar refractivity (Wildman–Crippen MR) is 69.7 cm³/mol. The lowest BCUT2D eigenvalue weighted by atomic mass is 10.2. The SMILES string of the molecule is S=C1CCNCC(OCc2ccccc2)C1. The molecular weight excluding hydrogens is 218 g/mol. The minimum atomic E-state index is 0.232. The van der Waals surface area contributed by atoms with Gasteiger partial charge in [0.1, 0.15) is 0 Å². The van der Waals surface area contributed by atoms with Crippen molar-refractivity contribution in [3.8, 4) is 0 Å². The molecule has 0 aromatic heterocycles. The molecule has 1 aromatic rings. The van der Waals surface area contributed by atoms with Crippen LogP contribution in [-0.4, -0.2) is 24.1 Å². The summed E-state index contributed by atoms with van der Waals surface area (Å²) in [6.07, 6.45) is 2.14. The van der Waals surface area contributed by atoms with Gasteiger partial charge in [0.25, 0.3) is 0 Å². The van der Waals surface area contributed by atoms with Gasteiger partial charge in [-0.15, -0.1) is 0 Å². The maximum Gasteiger partial charge on any atom is 0.0749 e. The van der Waals surface area contributed by atoms with Crippen molar-refractivity contribution in [3.63, 3.8) is 0 Å². The van der Waals surface area contributed by atoms with E-state index in [4.69, 9.17) is 17.0 Å². The molecular formula is C13H17NOS. The molecule has 3 heteroatoms. The summed E-state index contributed by atoms with van der Waals surface area (Å²) in [5.41, 5.74) is 1.22. The van der Waals surface area contributed by atoms with Gasteiger partial charge >= 0.3 is 0 Å². The summed E-state index contributed by atoms with van der Waals surface area (Å²) >= 11 is 5.28. The van der Waals surface area contributed by atoms with Crippen LogP contribution in [0, 0.1) is 0 Å². The number of ether oxygens (including phenoxy) is 1. The van der Waals surface area contributed by atoms with Crippen LogP contribution in [0.3, 0.4) is 0 Å². The molecule has 0 aliphatic carbocycles. The lowest BCUT2D eigenvalue weighted by Gasteiger charge is -2.15. The van der Waals surface area contributed by atoms with Crippen molar-refractivity contribution in [1.29, 1.82) is 0 Å². The zero-order valence-corrected chi connectivity index (χ0v) is 10.1. The van der Waals surface area contributed by atoms with Crippen LogP contribution in [0.4, 0.5) is 0 Å². The third kappa shape index (κ3) is 3.67. The Morgan fingerprint density at radius 2 is 2.12 bits per heavy atom. The van der Waals surface area contributed by atoms with Crippen molar-refractivity contribution >= 4 is 17.1 Å². The van der Waals surface area contributed by atoms with Gasteiger partial charge in [-0.2, -0.15) is 0 Å². The minimum absolute atomic E-state index is 0.232. The van der Waals surface area contributed by atoms with Gasteiger partial charge in [0.05, 0.1) is 12.7 Å². The average Bonchev–Trinajstić information content (AvgIpc) is 2.52. The minimum Gasteiger partial charge on any atom is -0.372 e. The van der Waals surface area contributed by atoms with Crippen molar-refractivity contribution < 1.29 is 4.74 Å². The number of nitrogens with one attached hydrogen (secondary N) is 1. The highest BCUT2D eigenvalue weighted by molar-refractivity contribution is 7.80. The van der Waals surface area contributed by atoms with E-state index in [-0.39, 0.29) is 6.10 Å². The van der Waals surface area contributed by atoms with E-state index >= 15 is 0 Å². The van der Waals surface area contributed by atoms with Crippen molar-refractivity contribution in [2.75, 3.05) is 13.1 Å². The Morgan fingerprint density at radius 3 is 2.94 bits per heavy atom. The van der Waals surface area contributed by atoms with Crippen molar-refractivity contribution in [1.82, 2.24) is 5.32 Å². The number of benzene rings is 1. The first-order valence-electron chi connectivity index (χ1n) is 5.72. The molecule has 0 radical (unpaired) electrons. The monoisotopic (exact) mass is 235 g/mol. The van der Waals surface area contributed by atoms with E-state index in [1.54, 1.807) is 0 Å². The normalized spacial score (nSPS) is 21.8. The largest absolute Gasteiger partial charge is 0.372 e. The summed E-state index contributed by atoms with van der Waals surface area (Å²) < 4.78 is 5.87. The van der Waals surface area contributed by atoms with Gasteiger partial charge in [0.2, 0.25) is 0 Å². The Balaban J connectivity index is 1.83. The highest BCUT2D eigenvalue weighted by Gasteiger charge is 2.15. The zero-order chi connectivity index (χ0) is 11.2. The van der Waals surface area contributed by atoms with E-state index in [1.165, 1.54) is 5.56 Å². The van der Waals surface area contributed by atoms with Gasteiger partial charge in [-0.3, -0.25) is 0 Å². The Hall–Kier alpha value is -0.770. The lowest BCUT2D eigenvalue weighted by molar-refractivity contribution is 0.0477. The van der Waals surface area contributed by atoms with E-state index in [0.717, 1.165) is 30.8 Å². The fraction of sp³-hybridized carbons (Fsp3) is 0.462. The molecule has 0 spiro atoms. The maximum absolute atomic E-state index is 5.87. The second-order valence-electron chi connectivity index (χ2n) is 4.12. The summed E-state index contributed by atoms with van der Waals surface area (Å²) in [7, 11) is 0. The summed E-state index contributed by atoms with van der Waals surface area (Å²) in [4.78, 5) is 1.13. The smallest absolute Gasteiger partial charge is 0.0749 e. The molecule has 1 unspecified atom stereocenters. The Labute approximate surface area is 102 Å². The number of thiocarbonyl (C=S) groups is 1. The second-order valence-corrected chi connectivity index (χ2v) is 4.69. The molecule has 16 heavy (non-hydrogen) atoms. The van der Waals surface area contributed by atoms with E-state index < -0.39 is 0 Å². The van der Waals surface area contributed by atoms with Crippen molar-refractivity contribution in [3.05, 3.63) is 35.9 Å². The molecule has 1 aromatic carbocycles. The predicted octanol–water partition coefficient (Wildman–Crippen LogP) is 2.33. The summed E-state index contributed by atoms with van der Waals surface area (Å²) in [5, 5.41) is 3.35. The Morgan fingerprint density at radius 1 is 1.31 bits per heavy atom. The van der Waals surface area contributed by atoms with Gasteiger partial charge < -0.3 is 10.1 Å². The van der Waals surface area contributed by atoms with Gasteiger partial charge in [0, 0.05) is 13.0 Å². The summed E-state index contributed by atoms with van der Waals surface area (Å²) in [6, 6.07) is 10.3. The first-order chi connectivity index (χ1) is 7.84. The average molecular weight is 235 g/mol. The van der Waals surface area contributed by atoms with E-state index in [2.05, 4.69) is 17.4 Å². The fourth-order valence-corrected chi connectivity index (χ4v) is 2.11. The third-order valence-corrected chi connectivity index (χ3v) is 3.11. The van der Waals surface area contributed by atoms with Gasteiger partial charge in [-0.25, -0.2) is 0 Å². The molecule has 2 rings (SSSR count). The Bertz CT molecular complexity index is 339. The lowest BCUT2D eigenvalue weighted by Crippen LogP contribution is -2.27. The summed E-state index contributed by atoms with van der Waals surface area (Å²) in [6.45, 7) is 2.58. The highest BCUT2D eigenvalue weighted by Crippen LogP contribution is 2.09. The van der Waals surface area contributed by atoms with Gasteiger partial charge in [-0.05, 0) is 23.4 Å². The quantitative estimate of drug-likeness (QED) is 0.812. The molecule has 1 saturated heterocycles. The first-order valence-corrected chi connectivity index (χ1v) is 6.13. The molecule has 1 aliphatic rings. The van der Waals surface area contributed by atoms with Crippen molar-refractivity contribution in [2.24, 2.45) is 0 Å². The molecule has 1 atom stereocenters. The fourth-order valence-electron chi connectivity index (χ4n) is 1.83. The van der Waals surface area contributed by atoms with Crippen LogP contribution in [0.2, 0.25) is 0 Å². The number of hydrogen-bond acceptors (Lipinski definition) is 3. The van der Waals surface area contributed by atoms with Crippen LogP contribution in [0.1, 0.15) is 18.4 Å². The van der Waals surface area contributed by atoms with Crippen LogP contribution < -0.4 is 5.32 Å². The number of rotatable bonds is 3. The maximum atomic E-state index is 5.87. The molecule has 1 heterocycles. The first kappa shape index (κ1) is 11.7. The molecule has 1 N–H and O–H groups in total. The van der Waals surface area contributed by atoms with Crippen LogP contribution >= 0.6 is 12.2 Å². The van der Waals surface area contributed by atoms with E-state index in [0.29, 0.717) is 6.61 Å². The van der Waals surface area contributed by atoms with Gasteiger partial charge in [0.15, 0.2) is 0 Å². The van der Waals surface area contributed by atoms with Crippen LogP contribution in [0.15, 0.2) is 30.3 Å². The van der Waals surface area contributed by atoms with E-state index in [9.17, 15) is 0 Å². The standard InChI is InChI=1S/C13H17NOS/c16-13-6-7-14-9-12(8-13)15-10-11-4-2-1-3-5-11/h1-5,12,14H,6-10H2. The topological polar surface area (TPSA) is 21.3 Å². The molecule has 0 bridgehead atoms. The molecule has 1 fully saturated rings. The van der Waals surface area contributed by atoms with Crippen molar-refractivity contribution in [2.45, 2.75) is 25.6 Å². The van der Waals surface area contributed by atoms with Crippen LogP contribution in [0.25, 0.3) is 0 Å². The third-order valence-electron chi connectivity index (χ3n) is 2.74. The molecule has 0 saturated carbocycles. The number of hydrogen-bond donors (Lipinski definition) is 1. The molecule has 86 valence electrons. The second kappa shape index (κ2) is 6.09. The molecule has 0 amide bonds. The summed E-state index contributed by atoms with van der Waals surface area (Å²) in [5.74, 6) is 0. The van der Waals surface area contributed by atoms with E-state index in [1.807, 2.05) is 18.2 Å². The zero-order valence-electron chi connectivity index (χ0n) is 9.32. The van der Waals surface area contributed by atoms with Crippen LogP contribution in [0.5, 0.6) is 0 Å².